The third kappa shape index (κ3) is 5.97. The molecule has 0 aliphatic heterocycles. The summed E-state index contributed by atoms with van der Waals surface area (Å²) in [5, 5.41) is 2.94. The van der Waals surface area contributed by atoms with Gasteiger partial charge in [-0.05, 0) is 42.4 Å². The van der Waals surface area contributed by atoms with Crippen LogP contribution < -0.4 is 26.4 Å². The summed E-state index contributed by atoms with van der Waals surface area (Å²) in [6.07, 6.45) is 1.92. The van der Waals surface area contributed by atoms with Crippen LogP contribution in [0, 0.1) is 5.92 Å². The Morgan fingerprint density at radius 1 is 1.25 bits per heavy atom. The van der Waals surface area contributed by atoms with Gasteiger partial charge >= 0.3 is 0 Å². The number of rotatable bonds is 11. The molecule has 0 aliphatic carbocycles. The van der Waals surface area contributed by atoms with Gasteiger partial charge in [0.05, 0.1) is 12.8 Å². The quantitative estimate of drug-likeness (QED) is 0.470. The zero-order chi connectivity index (χ0) is 23.8. The molecule has 2 aromatic rings. The largest absolute Gasteiger partial charge is 0.497 e. The number of ether oxygens (including phenoxy) is 1. The predicted octanol–water partition coefficient (Wildman–Crippen LogP) is 2.81. The molecule has 1 atom stereocenters. The number of amides is 3. The molecule has 0 saturated heterocycles. The van der Waals surface area contributed by atoms with Crippen molar-refractivity contribution in [3.63, 3.8) is 0 Å². The number of nitrogens with zero attached hydrogens (tertiary/aromatic N) is 2. The van der Waals surface area contributed by atoms with Gasteiger partial charge in [-0.1, -0.05) is 33.3 Å². The van der Waals surface area contributed by atoms with Gasteiger partial charge in [0.25, 0.3) is 11.8 Å². The first-order valence-corrected chi connectivity index (χ1v) is 11.3. The topological polar surface area (TPSA) is 141 Å². The van der Waals surface area contributed by atoms with Gasteiger partial charge < -0.3 is 21.5 Å². The fourth-order valence-corrected chi connectivity index (χ4v) is 3.93. The van der Waals surface area contributed by atoms with E-state index in [1.807, 2.05) is 6.92 Å². The SMILES string of the molecule is CCC[C@@H](C(=O)NCCC(C)C)N(C(=O)c1snc(C(N)=O)c1N)c1cccc(OC)c1. The van der Waals surface area contributed by atoms with Gasteiger partial charge in [0.2, 0.25) is 5.91 Å². The maximum atomic E-state index is 13.6. The van der Waals surface area contributed by atoms with E-state index in [2.05, 4.69) is 23.5 Å². The minimum absolute atomic E-state index is 0.0534. The van der Waals surface area contributed by atoms with Gasteiger partial charge in [0.15, 0.2) is 5.69 Å². The standard InChI is InChI=1S/C22H31N5O4S/c1-5-7-16(21(29)25-11-10-13(2)3)27(14-8-6-9-15(12-14)31-4)22(30)19-17(23)18(20(24)28)26-32-19/h6,8-9,12-13,16H,5,7,10-11,23H2,1-4H3,(H2,24,28)(H,25,29)/t16-/m0/s1. The van der Waals surface area contributed by atoms with E-state index in [0.29, 0.717) is 36.7 Å². The summed E-state index contributed by atoms with van der Waals surface area (Å²) >= 11 is 0.785. The summed E-state index contributed by atoms with van der Waals surface area (Å²) in [7, 11) is 1.52. The van der Waals surface area contributed by atoms with Gasteiger partial charge in [-0.25, -0.2) is 0 Å². The Morgan fingerprint density at radius 3 is 2.53 bits per heavy atom. The minimum atomic E-state index is -0.817. The zero-order valence-electron chi connectivity index (χ0n) is 18.9. The summed E-state index contributed by atoms with van der Waals surface area (Å²) < 4.78 is 9.24. The van der Waals surface area contributed by atoms with E-state index >= 15 is 0 Å². The van der Waals surface area contributed by atoms with Crippen LogP contribution >= 0.6 is 11.5 Å². The van der Waals surface area contributed by atoms with Crippen molar-refractivity contribution in [2.45, 2.75) is 46.1 Å². The van der Waals surface area contributed by atoms with Crippen molar-refractivity contribution in [2.75, 3.05) is 24.3 Å². The highest BCUT2D eigenvalue weighted by molar-refractivity contribution is 7.09. The van der Waals surface area contributed by atoms with Crippen molar-refractivity contribution in [1.82, 2.24) is 9.69 Å². The van der Waals surface area contributed by atoms with Crippen molar-refractivity contribution >= 4 is 40.6 Å². The number of hydrogen-bond donors (Lipinski definition) is 3. The second-order valence-electron chi connectivity index (χ2n) is 7.79. The van der Waals surface area contributed by atoms with E-state index in [9.17, 15) is 14.4 Å². The average molecular weight is 462 g/mol. The number of carbonyl (C=O) groups excluding carboxylic acids is 3. The average Bonchev–Trinajstić information content (AvgIpc) is 3.14. The molecule has 0 bridgehead atoms. The molecule has 10 heteroatoms. The molecule has 5 N–H and O–H groups in total. The molecule has 0 fully saturated rings. The van der Waals surface area contributed by atoms with Crippen LogP contribution in [-0.4, -0.2) is 41.8 Å². The molecule has 3 amide bonds. The molecule has 0 unspecified atom stereocenters. The van der Waals surface area contributed by atoms with Crippen LogP contribution in [0.3, 0.4) is 0 Å². The molecule has 0 aliphatic rings. The first kappa shape index (κ1) is 25.1. The van der Waals surface area contributed by atoms with Crippen molar-refractivity contribution < 1.29 is 19.1 Å². The summed E-state index contributed by atoms with van der Waals surface area (Å²) in [4.78, 5) is 39.8. The lowest BCUT2D eigenvalue weighted by atomic mass is 10.1. The van der Waals surface area contributed by atoms with Gasteiger partial charge in [-0.3, -0.25) is 19.3 Å². The normalized spacial score (nSPS) is 11.8. The Labute approximate surface area is 192 Å². The zero-order valence-corrected chi connectivity index (χ0v) is 19.7. The number of aromatic nitrogens is 1. The summed E-state index contributed by atoms with van der Waals surface area (Å²) in [6.45, 7) is 6.59. The predicted molar refractivity (Wildman–Crippen MR) is 126 cm³/mol. The minimum Gasteiger partial charge on any atom is -0.497 e. The molecule has 0 spiro atoms. The molecular formula is C22H31N5O4S. The third-order valence-corrected chi connectivity index (χ3v) is 5.75. The number of methoxy groups -OCH3 is 1. The van der Waals surface area contributed by atoms with Crippen LogP contribution in [-0.2, 0) is 4.79 Å². The lowest BCUT2D eigenvalue weighted by Crippen LogP contribution is -2.50. The van der Waals surface area contributed by atoms with Crippen LogP contribution in [0.5, 0.6) is 5.75 Å². The Morgan fingerprint density at radius 2 is 1.97 bits per heavy atom. The van der Waals surface area contributed by atoms with Crippen molar-refractivity contribution in [1.29, 1.82) is 0 Å². The van der Waals surface area contributed by atoms with E-state index in [0.717, 1.165) is 18.0 Å². The molecule has 0 saturated carbocycles. The molecule has 1 aromatic carbocycles. The van der Waals surface area contributed by atoms with E-state index in [-0.39, 0.29) is 22.2 Å². The summed E-state index contributed by atoms with van der Waals surface area (Å²) in [5.41, 5.74) is 11.6. The van der Waals surface area contributed by atoms with E-state index in [4.69, 9.17) is 16.2 Å². The molecular weight excluding hydrogens is 430 g/mol. The third-order valence-electron chi connectivity index (χ3n) is 4.90. The van der Waals surface area contributed by atoms with Crippen molar-refractivity contribution in [3.8, 4) is 5.75 Å². The monoisotopic (exact) mass is 461 g/mol. The Kier molecular flexibility index (Phi) is 9.01. The number of nitrogen functional groups attached to an aromatic ring is 1. The van der Waals surface area contributed by atoms with Gasteiger partial charge in [0, 0.05) is 18.3 Å². The maximum absolute atomic E-state index is 13.6. The maximum Gasteiger partial charge on any atom is 0.272 e. The molecule has 174 valence electrons. The highest BCUT2D eigenvalue weighted by Crippen LogP contribution is 2.30. The fourth-order valence-electron chi connectivity index (χ4n) is 3.19. The van der Waals surface area contributed by atoms with Crippen molar-refractivity contribution in [3.05, 3.63) is 34.8 Å². The molecule has 9 nitrogen and oxygen atoms in total. The van der Waals surface area contributed by atoms with Crippen LogP contribution in [0.15, 0.2) is 24.3 Å². The number of primary amides is 1. The van der Waals surface area contributed by atoms with Gasteiger partial charge in [0.1, 0.15) is 16.7 Å². The Balaban J connectivity index is 2.51. The second kappa shape index (κ2) is 11.5. The van der Waals surface area contributed by atoms with Crippen molar-refractivity contribution in [2.24, 2.45) is 11.7 Å². The number of nitrogens with one attached hydrogen (secondary N) is 1. The molecule has 32 heavy (non-hydrogen) atoms. The summed E-state index contributed by atoms with van der Waals surface area (Å²) in [5.74, 6) is -0.645. The Hall–Kier alpha value is -3.14. The Bertz CT molecular complexity index is 960. The smallest absolute Gasteiger partial charge is 0.272 e. The molecule has 0 radical (unpaired) electrons. The number of hydrogen-bond acceptors (Lipinski definition) is 7. The van der Waals surface area contributed by atoms with Gasteiger partial charge in [-0.2, -0.15) is 4.37 Å². The lowest BCUT2D eigenvalue weighted by Gasteiger charge is -2.31. The van der Waals surface area contributed by atoms with E-state index in [1.54, 1.807) is 24.3 Å². The van der Waals surface area contributed by atoms with Crippen LogP contribution in [0.1, 0.15) is 60.2 Å². The first-order chi connectivity index (χ1) is 15.2. The lowest BCUT2D eigenvalue weighted by molar-refractivity contribution is -0.122. The van der Waals surface area contributed by atoms with Crippen LogP contribution in [0.2, 0.25) is 0 Å². The van der Waals surface area contributed by atoms with Gasteiger partial charge in [-0.15, -0.1) is 0 Å². The van der Waals surface area contributed by atoms with Crippen LogP contribution in [0.25, 0.3) is 0 Å². The number of nitrogens with two attached hydrogens (primary N) is 2. The molecule has 1 heterocycles. The highest BCUT2D eigenvalue weighted by Gasteiger charge is 2.34. The number of benzene rings is 1. The first-order valence-electron chi connectivity index (χ1n) is 10.5. The fraction of sp³-hybridized carbons (Fsp3) is 0.455. The molecule has 2 rings (SSSR count). The highest BCUT2D eigenvalue weighted by atomic mass is 32.1. The van der Waals surface area contributed by atoms with E-state index < -0.39 is 17.9 Å². The number of carbonyl (C=O) groups is 3. The second-order valence-corrected chi connectivity index (χ2v) is 8.57. The molecule has 1 aromatic heterocycles. The van der Waals surface area contributed by atoms with Crippen LogP contribution in [0.4, 0.5) is 11.4 Å². The summed E-state index contributed by atoms with van der Waals surface area (Å²) in [6, 6.07) is 6.09. The van der Waals surface area contributed by atoms with E-state index in [1.165, 1.54) is 12.0 Å². The number of anilines is 2.